The van der Waals surface area contributed by atoms with E-state index in [0.29, 0.717) is 6.54 Å². The Morgan fingerprint density at radius 2 is 2.05 bits per heavy atom. The Balaban J connectivity index is 2.10. The highest BCUT2D eigenvalue weighted by molar-refractivity contribution is 5.90. The molecule has 2 rings (SSSR count). The number of carbonyl (C=O) groups is 1. The SMILES string of the molecule is C=CC(=C)c1cnc(C(=O)N2CCCNCC2)nc1. The first-order valence-corrected chi connectivity index (χ1v) is 6.36. The van der Waals surface area contributed by atoms with E-state index < -0.39 is 0 Å². The van der Waals surface area contributed by atoms with Crippen molar-refractivity contribution in [1.82, 2.24) is 20.2 Å². The number of nitrogens with one attached hydrogen (secondary N) is 1. The van der Waals surface area contributed by atoms with Gasteiger partial charge in [0.15, 0.2) is 0 Å². The van der Waals surface area contributed by atoms with E-state index in [1.165, 1.54) is 0 Å². The Morgan fingerprint density at radius 1 is 1.32 bits per heavy atom. The first-order valence-electron chi connectivity index (χ1n) is 6.36. The van der Waals surface area contributed by atoms with Gasteiger partial charge in [-0.15, -0.1) is 0 Å². The van der Waals surface area contributed by atoms with Crippen LogP contribution in [-0.4, -0.2) is 47.0 Å². The van der Waals surface area contributed by atoms with Crippen LogP contribution in [0.2, 0.25) is 0 Å². The van der Waals surface area contributed by atoms with Crippen molar-refractivity contribution in [2.45, 2.75) is 6.42 Å². The highest BCUT2D eigenvalue weighted by Gasteiger charge is 2.19. The molecule has 1 aliphatic rings. The monoisotopic (exact) mass is 258 g/mol. The second-order valence-corrected chi connectivity index (χ2v) is 4.42. The van der Waals surface area contributed by atoms with Crippen molar-refractivity contribution in [2.75, 3.05) is 26.2 Å². The molecule has 19 heavy (non-hydrogen) atoms. The van der Waals surface area contributed by atoms with Crippen molar-refractivity contribution in [3.63, 3.8) is 0 Å². The summed E-state index contributed by atoms with van der Waals surface area (Å²) in [4.78, 5) is 22.3. The first-order chi connectivity index (χ1) is 9.22. The van der Waals surface area contributed by atoms with Crippen molar-refractivity contribution < 1.29 is 4.79 Å². The van der Waals surface area contributed by atoms with Crippen LogP contribution in [0.5, 0.6) is 0 Å². The summed E-state index contributed by atoms with van der Waals surface area (Å²) >= 11 is 0. The van der Waals surface area contributed by atoms with Crippen LogP contribution in [0.1, 0.15) is 22.6 Å². The molecule has 1 aliphatic heterocycles. The number of nitrogens with zero attached hydrogens (tertiary/aromatic N) is 3. The van der Waals surface area contributed by atoms with E-state index in [1.807, 2.05) is 0 Å². The van der Waals surface area contributed by atoms with Gasteiger partial charge in [-0.3, -0.25) is 4.79 Å². The maximum atomic E-state index is 12.2. The van der Waals surface area contributed by atoms with Crippen LogP contribution in [0.15, 0.2) is 31.6 Å². The van der Waals surface area contributed by atoms with Gasteiger partial charge >= 0.3 is 0 Å². The lowest BCUT2D eigenvalue weighted by atomic mass is 10.1. The zero-order chi connectivity index (χ0) is 13.7. The van der Waals surface area contributed by atoms with Gasteiger partial charge in [-0.25, -0.2) is 9.97 Å². The molecule has 0 aromatic carbocycles. The van der Waals surface area contributed by atoms with Crippen LogP contribution in [0.3, 0.4) is 0 Å². The van der Waals surface area contributed by atoms with Crippen molar-refractivity contribution in [3.8, 4) is 0 Å². The van der Waals surface area contributed by atoms with Crippen LogP contribution in [0.4, 0.5) is 0 Å². The summed E-state index contributed by atoms with van der Waals surface area (Å²) in [5.74, 6) is 0.127. The molecule has 5 nitrogen and oxygen atoms in total. The topological polar surface area (TPSA) is 58.1 Å². The van der Waals surface area contributed by atoms with Gasteiger partial charge in [0.2, 0.25) is 5.82 Å². The Kier molecular flexibility index (Phi) is 4.41. The smallest absolute Gasteiger partial charge is 0.291 e. The molecular weight excluding hydrogens is 240 g/mol. The van der Waals surface area contributed by atoms with Gasteiger partial charge in [0.25, 0.3) is 5.91 Å². The van der Waals surface area contributed by atoms with E-state index in [1.54, 1.807) is 23.4 Å². The van der Waals surface area contributed by atoms with Crippen molar-refractivity contribution in [1.29, 1.82) is 0 Å². The second kappa shape index (κ2) is 6.24. The summed E-state index contributed by atoms with van der Waals surface area (Å²) in [6.45, 7) is 10.7. The summed E-state index contributed by atoms with van der Waals surface area (Å²) in [5, 5.41) is 3.26. The van der Waals surface area contributed by atoms with Crippen LogP contribution in [-0.2, 0) is 0 Å². The van der Waals surface area contributed by atoms with Gasteiger partial charge in [-0.1, -0.05) is 19.2 Å². The minimum Gasteiger partial charge on any atom is -0.335 e. The van der Waals surface area contributed by atoms with Gasteiger partial charge in [-0.05, 0) is 18.5 Å². The lowest BCUT2D eigenvalue weighted by Gasteiger charge is -2.18. The molecule has 0 spiro atoms. The summed E-state index contributed by atoms with van der Waals surface area (Å²) in [6.07, 6.45) is 5.82. The number of amides is 1. The summed E-state index contributed by atoms with van der Waals surface area (Å²) in [7, 11) is 0. The third-order valence-corrected chi connectivity index (χ3v) is 3.09. The predicted molar refractivity (Wildman–Crippen MR) is 74.7 cm³/mol. The van der Waals surface area contributed by atoms with Crippen LogP contribution in [0, 0.1) is 0 Å². The number of carbonyl (C=O) groups excluding carboxylic acids is 1. The number of aromatic nitrogens is 2. The fourth-order valence-corrected chi connectivity index (χ4v) is 1.91. The quantitative estimate of drug-likeness (QED) is 0.825. The molecule has 1 aromatic heterocycles. The fraction of sp³-hybridized carbons (Fsp3) is 0.357. The molecule has 0 aliphatic carbocycles. The summed E-state index contributed by atoms with van der Waals surface area (Å²) in [6, 6.07) is 0. The Morgan fingerprint density at radius 3 is 2.74 bits per heavy atom. The Hall–Kier alpha value is -2.01. The van der Waals surface area contributed by atoms with Crippen LogP contribution < -0.4 is 5.32 Å². The van der Waals surface area contributed by atoms with Gasteiger partial charge in [-0.2, -0.15) is 0 Å². The molecule has 1 N–H and O–H groups in total. The summed E-state index contributed by atoms with van der Waals surface area (Å²) in [5.41, 5.74) is 1.53. The minimum atomic E-state index is -0.112. The molecule has 1 saturated heterocycles. The van der Waals surface area contributed by atoms with Gasteiger partial charge < -0.3 is 10.2 Å². The average molecular weight is 258 g/mol. The van der Waals surface area contributed by atoms with E-state index in [-0.39, 0.29) is 11.7 Å². The van der Waals surface area contributed by atoms with E-state index in [9.17, 15) is 4.79 Å². The molecule has 100 valence electrons. The standard InChI is InChI=1S/C14H18N4O/c1-3-11(2)12-9-16-13(17-10-12)14(19)18-7-4-5-15-6-8-18/h3,9-10,15H,1-2,4-8H2. The molecule has 5 heteroatoms. The number of allylic oxidation sites excluding steroid dienone is 2. The highest BCUT2D eigenvalue weighted by Crippen LogP contribution is 2.11. The third kappa shape index (κ3) is 3.26. The number of hydrogen-bond acceptors (Lipinski definition) is 4. The lowest BCUT2D eigenvalue weighted by molar-refractivity contribution is 0.0754. The second-order valence-electron chi connectivity index (χ2n) is 4.42. The molecular formula is C14H18N4O. The zero-order valence-corrected chi connectivity index (χ0v) is 10.9. The predicted octanol–water partition coefficient (Wildman–Crippen LogP) is 1.11. The normalized spacial score (nSPS) is 15.7. The van der Waals surface area contributed by atoms with E-state index in [4.69, 9.17) is 0 Å². The van der Waals surface area contributed by atoms with Gasteiger partial charge in [0.1, 0.15) is 0 Å². The van der Waals surface area contributed by atoms with E-state index in [2.05, 4.69) is 28.4 Å². The molecule has 2 heterocycles. The molecule has 1 fully saturated rings. The zero-order valence-electron chi connectivity index (χ0n) is 10.9. The number of hydrogen-bond donors (Lipinski definition) is 1. The van der Waals surface area contributed by atoms with Crippen molar-refractivity contribution in [2.24, 2.45) is 0 Å². The molecule has 0 saturated carbocycles. The lowest BCUT2D eigenvalue weighted by Crippen LogP contribution is -2.35. The third-order valence-electron chi connectivity index (χ3n) is 3.09. The van der Waals surface area contributed by atoms with Crippen LogP contribution in [0.25, 0.3) is 5.57 Å². The molecule has 0 unspecified atom stereocenters. The maximum Gasteiger partial charge on any atom is 0.291 e. The van der Waals surface area contributed by atoms with Crippen LogP contribution >= 0.6 is 0 Å². The first kappa shape index (κ1) is 13.4. The summed E-state index contributed by atoms with van der Waals surface area (Å²) < 4.78 is 0. The number of rotatable bonds is 3. The van der Waals surface area contributed by atoms with Gasteiger partial charge in [0, 0.05) is 37.6 Å². The maximum absolute atomic E-state index is 12.2. The fourth-order valence-electron chi connectivity index (χ4n) is 1.91. The van der Waals surface area contributed by atoms with E-state index >= 15 is 0 Å². The Bertz CT molecular complexity index is 473. The average Bonchev–Trinajstić information content (AvgIpc) is 2.75. The molecule has 0 atom stereocenters. The Labute approximate surface area is 113 Å². The van der Waals surface area contributed by atoms with Crippen molar-refractivity contribution >= 4 is 11.5 Å². The molecule has 0 bridgehead atoms. The van der Waals surface area contributed by atoms with E-state index in [0.717, 1.165) is 37.2 Å². The van der Waals surface area contributed by atoms with Crippen molar-refractivity contribution in [3.05, 3.63) is 43.0 Å². The van der Waals surface area contributed by atoms with Gasteiger partial charge in [0.05, 0.1) is 0 Å². The minimum absolute atomic E-state index is 0.112. The molecule has 1 aromatic rings. The molecule has 0 radical (unpaired) electrons. The highest BCUT2D eigenvalue weighted by atomic mass is 16.2. The molecule has 1 amide bonds. The largest absolute Gasteiger partial charge is 0.335 e.